The zero-order valence-corrected chi connectivity index (χ0v) is 10.9. The number of halogens is 2. The van der Waals surface area contributed by atoms with E-state index in [1.54, 1.807) is 29.8 Å². The Balaban J connectivity index is 2.68. The van der Waals surface area contributed by atoms with Crippen molar-refractivity contribution < 1.29 is 4.79 Å². The van der Waals surface area contributed by atoms with Crippen LogP contribution in [-0.2, 0) is 7.05 Å². The molecule has 0 saturated heterocycles. The molecular weight excluding hydrogens is 259 g/mol. The molecule has 0 aliphatic heterocycles. The molecule has 0 aliphatic rings. The second-order valence-corrected chi connectivity index (χ2v) is 4.54. The van der Waals surface area contributed by atoms with Gasteiger partial charge in [-0.15, -0.1) is 0 Å². The highest BCUT2D eigenvalue weighted by atomic mass is 35.5. The van der Waals surface area contributed by atoms with E-state index in [4.69, 9.17) is 23.2 Å². The van der Waals surface area contributed by atoms with Gasteiger partial charge in [-0.2, -0.15) is 0 Å². The van der Waals surface area contributed by atoms with Gasteiger partial charge in [0.1, 0.15) is 17.2 Å². The van der Waals surface area contributed by atoms with Gasteiger partial charge >= 0.3 is 0 Å². The molecule has 2 aromatic rings. The van der Waals surface area contributed by atoms with Crippen molar-refractivity contribution in [3.05, 3.63) is 39.8 Å². The van der Waals surface area contributed by atoms with Gasteiger partial charge in [0.05, 0.1) is 5.02 Å². The van der Waals surface area contributed by atoms with Gasteiger partial charge in [0.15, 0.2) is 6.29 Å². The summed E-state index contributed by atoms with van der Waals surface area (Å²) in [6.45, 7) is 1.83. The van der Waals surface area contributed by atoms with E-state index >= 15 is 0 Å². The van der Waals surface area contributed by atoms with Crippen LogP contribution in [0.25, 0.3) is 11.3 Å². The molecule has 0 amide bonds. The highest BCUT2D eigenvalue weighted by Crippen LogP contribution is 2.31. The number of carbonyl (C=O) groups excluding carboxylic acids is 1. The van der Waals surface area contributed by atoms with Crippen molar-refractivity contribution >= 4 is 29.5 Å². The molecule has 0 fully saturated rings. The Morgan fingerprint density at radius 3 is 2.65 bits per heavy atom. The number of hydrogen-bond acceptors (Lipinski definition) is 2. The molecule has 5 heteroatoms. The first-order valence-electron chi connectivity index (χ1n) is 4.98. The van der Waals surface area contributed by atoms with Crippen molar-refractivity contribution in [3.63, 3.8) is 0 Å². The lowest BCUT2D eigenvalue weighted by atomic mass is 10.1. The number of benzene rings is 1. The van der Waals surface area contributed by atoms with Crippen molar-refractivity contribution in [2.75, 3.05) is 0 Å². The molecule has 2 rings (SSSR count). The number of carbonyl (C=O) groups is 1. The van der Waals surface area contributed by atoms with Crippen molar-refractivity contribution in [2.45, 2.75) is 6.92 Å². The molecule has 0 spiro atoms. The zero-order valence-electron chi connectivity index (χ0n) is 9.37. The minimum absolute atomic E-state index is 0.485. The molecule has 0 atom stereocenters. The van der Waals surface area contributed by atoms with Crippen LogP contribution in [0.5, 0.6) is 0 Å². The highest BCUT2D eigenvalue weighted by molar-refractivity contribution is 6.36. The molecule has 0 aliphatic carbocycles. The van der Waals surface area contributed by atoms with Crippen molar-refractivity contribution in [1.82, 2.24) is 9.55 Å². The molecule has 0 saturated carbocycles. The van der Waals surface area contributed by atoms with E-state index in [1.807, 2.05) is 6.92 Å². The number of aryl methyl sites for hydroxylation is 1. The molecule has 0 N–H and O–H groups in total. The maximum atomic E-state index is 11.1. The molecule has 0 bridgehead atoms. The number of rotatable bonds is 2. The Bertz CT molecular complexity index is 590. The third kappa shape index (κ3) is 2.08. The van der Waals surface area contributed by atoms with Gasteiger partial charge < -0.3 is 4.57 Å². The van der Waals surface area contributed by atoms with Crippen LogP contribution in [0.1, 0.15) is 16.3 Å². The fourth-order valence-electron chi connectivity index (χ4n) is 1.64. The van der Waals surface area contributed by atoms with Crippen LogP contribution < -0.4 is 0 Å². The lowest BCUT2D eigenvalue weighted by Crippen LogP contribution is -1.97. The first-order chi connectivity index (χ1) is 8.04. The second kappa shape index (κ2) is 4.51. The number of nitrogens with zero attached hydrogens (tertiary/aromatic N) is 2. The van der Waals surface area contributed by atoms with E-state index in [9.17, 15) is 4.79 Å². The van der Waals surface area contributed by atoms with E-state index in [-0.39, 0.29) is 0 Å². The first kappa shape index (κ1) is 12.1. The Kier molecular flexibility index (Phi) is 3.22. The van der Waals surface area contributed by atoms with Gasteiger partial charge in [-0.25, -0.2) is 4.98 Å². The lowest BCUT2D eigenvalue weighted by molar-refractivity contribution is 0.111. The van der Waals surface area contributed by atoms with E-state index in [2.05, 4.69) is 4.98 Å². The van der Waals surface area contributed by atoms with Gasteiger partial charge in [-0.05, 0) is 25.1 Å². The van der Waals surface area contributed by atoms with Crippen LogP contribution in [0.4, 0.5) is 0 Å². The fourth-order valence-corrected chi connectivity index (χ4v) is 2.14. The smallest absolute Gasteiger partial charge is 0.168 e. The van der Waals surface area contributed by atoms with Gasteiger partial charge in [0.2, 0.25) is 0 Å². The fraction of sp³-hybridized carbons (Fsp3) is 0.167. The first-order valence-corrected chi connectivity index (χ1v) is 5.74. The van der Waals surface area contributed by atoms with Crippen molar-refractivity contribution in [1.29, 1.82) is 0 Å². The molecule has 88 valence electrons. The van der Waals surface area contributed by atoms with Gasteiger partial charge in [0, 0.05) is 17.6 Å². The molecule has 1 aromatic carbocycles. The molecule has 1 aromatic heterocycles. The summed E-state index contributed by atoms with van der Waals surface area (Å²) in [6, 6.07) is 5.12. The number of hydrogen-bond donors (Lipinski definition) is 0. The van der Waals surface area contributed by atoms with Crippen molar-refractivity contribution in [3.8, 4) is 11.3 Å². The molecular formula is C12H10Cl2N2O. The SMILES string of the molecule is Cc1nc(-c2ccc(Cl)cc2Cl)c(C=O)n1C. The molecule has 0 radical (unpaired) electrons. The van der Waals surface area contributed by atoms with E-state index < -0.39 is 0 Å². The van der Waals surface area contributed by atoms with Gasteiger partial charge in [0.25, 0.3) is 0 Å². The molecule has 17 heavy (non-hydrogen) atoms. The summed E-state index contributed by atoms with van der Waals surface area (Å²) in [6.07, 6.45) is 0.778. The minimum Gasteiger partial charge on any atom is -0.329 e. The van der Waals surface area contributed by atoms with E-state index in [0.29, 0.717) is 27.0 Å². The van der Waals surface area contributed by atoms with Crippen LogP contribution in [0.15, 0.2) is 18.2 Å². The number of aromatic nitrogens is 2. The van der Waals surface area contributed by atoms with Gasteiger partial charge in [-0.3, -0.25) is 4.79 Å². The number of imidazole rings is 1. The third-order valence-corrected chi connectivity index (χ3v) is 3.21. The van der Waals surface area contributed by atoms with Gasteiger partial charge in [-0.1, -0.05) is 23.2 Å². The zero-order chi connectivity index (χ0) is 12.6. The van der Waals surface area contributed by atoms with E-state index in [1.165, 1.54) is 0 Å². The van der Waals surface area contributed by atoms with Crippen LogP contribution >= 0.6 is 23.2 Å². The summed E-state index contributed by atoms with van der Waals surface area (Å²) in [5, 5.41) is 1.04. The summed E-state index contributed by atoms with van der Waals surface area (Å²) >= 11 is 11.9. The van der Waals surface area contributed by atoms with Crippen molar-refractivity contribution in [2.24, 2.45) is 7.05 Å². The monoisotopic (exact) mass is 268 g/mol. The summed E-state index contributed by atoms with van der Waals surface area (Å²) < 4.78 is 1.73. The second-order valence-electron chi connectivity index (χ2n) is 3.69. The quantitative estimate of drug-likeness (QED) is 0.782. The maximum absolute atomic E-state index is 11.1. The highest BCUT2D eigenvalue weighted by Gasteiger charge is 2.15. The van der Waals surface area contributed by atoms with Crippen LogP contribution in [0, 0.1) is 6.92 Å². The normalized spacial score (nSPS) is 10.6. The number of aldehydes is 1. The predicted octanol–water partition coefficient (Wildman–Crippen LogP) is 3.51. The Hall–Kier alpha value is -1.32. The molecule has 1 heterocycles. The minimum atomic E-state index is 0.485. The lowest BCUT2D eigenvalue weighted by Gasteiger charge is -2.03. The van der Waals surface area contributed by atoms with E-state index in [0.717, 1.165) is 12.1 Å². The Morgan fingerprint density at radius 1 is 1.35 bits per heavy atom. The van der Waals surface area contributed by atoms with Crippen LogP contribution in [0.2, 0.25) is 10.0 Å². The topological polar surface area (TPSA) is 34.9 Å². The third-order valence-electron chi connectivity index (χ3n) is 2.66. The van der Waals surface area contributed by atoms with Crippen LogP contribution in [-0.4, -0.2) is 15.8 Å². The standard InChI is InChI=1S/C12H10Cl2N2O/c1-7-15-12(11(6-17)16(7)2)9-4-3-8(13)5-10(9)14/h3-6H,1-2H3. The average molecular weight is 269 g/mol. The molecule has 3 nitrogen and oxygen atoms in total. The Morgan fingerprint density at radius 2 is 2.06 bits per heavy atom. The maximum Gasteiger partial charge on any atom is 0.168 e. The van der Waals surface area contributed by atoms with Crippen LogP contribution in [0.3, 0.4) is 0 Å². The predicted molar refractivity (Wildman–Crippen MR) is 68.8 cm³/mol. The Labute approximate surface area is 109 Å². The summed E-state index contributed by atoms with van der Waals surface area (Å²) in [4.78, 5) is 15.4. The molecule has 0 unspecified atom stereocenters. The average Bonchev–Trinajstić information content (AvgIpc) is 2.55. The summed E-state index contributed by atoms with van der Waals surface area (Å²) in [5.41, 5.74) is 1.80. The summed E-state index contributed by atoms with van der Waals surface area (Å²) in [7, 11) is 1.79. The largest absolute Gasteiger partial charge is 0.329 e. The summed E-state index contributed by atoms with van der Waals surface area (Å²) in [5.74, 6) is 0.758.